The van der Waals surface area contributed by atoms with E-state index in [9.17, 15) is 22.4 Å². The lowest BCUT2D eigenvalue weighted by Crippen LogP contribution is -2.26. The molecular formula is C21H18F4N2O2S. The van der Waals surface area contributed by atoms with Crippen LogP contribution in [0.4, 0.5) is 17.6 Å². The third kappa shape index (κ3) is 4.96. The Bertz CT molecular complexity index is 1030. The summed E-state index contributed by atoms with van der Waals surface area (Å²) in [7, 11) is 1.66. The predicted molar refractivity (Wildman–Crippen MR) is 106 cm³/mol. The Morgan fingerprint density at radius 2 is 1.87 bits per heavy atom. The fourth-order valence-electron chi connectivity index (χ4n) is 2.55. The molecule has 0 aliphatic rings. The second kappa shape index (κ2) is 8.83. The molecule has 0 atom stereocenters. The zero-order valence-electron chi connectivity index (χ0n) is 16.2. The smallest absolute Gasteiger partial charge is 0.416 e. The van der Waals surface area contributed by atoms with Crippen molar-refractivity contribution in [3.63, 3.8) is 0 Å². The highest BCUT2D eigenvalue weighted by molar-refractivity contribution is 7.13. The molecule has 0 aliphatic carbocycles. The van der Waals surface area contributed by atoms with Crippen molar-refractivity contribution >= 4 is 17.2 Å². The Morgan fingerprint density at radius 1 is 1.17 bits per heavy atom. The minimum absolute atomic E-state index is 0.00379. The van der Waals surface area contributed by atoms with Crippen molar-refractivity contribution in [3.8, 4) is 16.3 Å². The molecule has 0 saturated heterocycles. The molecule has 9 heteroatoms. The molecule has 0 aliphatic heterocycles. The minimum Gasteiger partial charge on any atom is -0.489 e. The summed E-state index contributed by atoms with van der Waals surface area (Å²) in [6.45, 7) is 2.37. The summed E-state index contributed by atoms with van der Waals surface area (Å²) in [5.41, 5.74) is 0.269. The molecule has 0 N–H and O–H groups in total. The zero-order valence-corrected chi connectivity index (χ0v) is 17.0. The van der Waals surface area contributed by atoms with Crippen LogP contribution in [-0.2, 0) is 12.8 Å². The fourth-order valence-corrected chi connectivity index (χ4v) is 3.37. The van der Waals surface area contributed by atoms with Crippen LogP contribution in [0.25, 0.3) is 10.6 Å². The van der Waals surface area contributed by atoms with Gasteiger partial charge in [-0.2, -0.15) is 13.2 Å². The number of amides is 1. The molecule has 1 amide bonds. The van der Waals surface area contributed by atoms with E-state index in [-0.39, 0.29) is 29.5 Å². The van der Waals surface area contributed by atoms with Crippen LogP contribution in [0.5, 0.6) is 5.75 Å². The average Bonchev–Trinajstić information content (AvgIpc) is 3.20. The van der Waals surface area contributed by atoms with Crippen LogP contribution in [0.15, 0.2) is 47.8 Å². The third-order valence-electron chi connectivity index (χ3n) is 4.40. The van der Waals surface area contributed by atoms with Crippen molar-refractivity contribution in [3.05, 3.63) is 70.5 Å². The molecule has 0 spiro atoms. The van der Waals surface area contributed by atoms with Gasteiger partial charge in [0, 0.05) is 30.6 Å². The van der Waals surface area contributed by atoms with Crippen LogP contribution in [0.2, 0.25) is 0 Å². The first-order chi connectivity index (χ1) is 14.2. The summed E-state index contributed by atoms with van der Waals surface area (Å²) in [6, 6.07) is 8.79. The van der Waals surface area contributed by atoms with Crippen LogP contribution in [0.3, 0.4) is 0 Å². The number of benzene rings is 2. The van der Waals surface area contributed by atoms with Crippen LogP contribution < -0.4 is 4.74 Å². The maximum atomic E-state index is 14.5. The molecule has 1 heterocycles. The molecule has 0 fully saturated rings. The largest absolute Gasteiger partial charge is 0.489 e. The van der Waals surface area contributed by atoms with Crippen LogP contribution in [-0.4, -0.2) is 29.4 Å². The van der Waals surface area contributed by atoms with Crippen molar-refractivity contribution in [2.75, 3.05) is 13.6 Å². The number of alkyl halides is 3. The van der Waals surface area contributed by atoms with Gasteiger partial charge in [-0.25, -0.2) is 9.37 Å². The second-order valence-electron chi connectivity index (χ2n) is 6.48. The molecule has 158 valence electrons. The Morgan fingerprint density at radius 3 is 2.47 bits per heavy atom. The van der Waals surface area contributed by atoms with E-state index < -0.39 is 17.6 Å². The maximum absolute atomic E-state index is 14.5. The van der Waals surface area contributed by atoms with Gasteiger partial charge < -0.3 is 9.64 Å². The zero-order chi connectivity index (χ0) is 21.9. The van der Waals surface area contributed by atoms with E-state index in [0.29, 0.717) is 17.1 Å². The van der Waals surface area contributed by atoms with Crippen molar-refractivity contribution in [1.82, 2.24) is 9.88 Å². The first-order valence-corrected chi connectivity index (χ1v) is 9.87. The van der Waals surface area contributed by atoms with Crippen molar-refractivity contribution < 1.29 is 27.1 Å². The van der Waals surface area contributed by atoms with Gasteiger partial charge in [-0.05, 0) is 36.8 Å². The van der Waals surface area contributed by atoms with Crippen LogP contribution in [0.1, 0.15) is 28.5 Å². The van der Waals surface area contributed by atoms with Gasteiger partial charge in [0.15, 0.2) is 0 Å². The van der Waals surface area contributed by atoms with Crippen molar-refractivity contribution in [1.29, 1.82) is 0 Å². The Kier molecular flexibility index (Phi) is 6.40. The quantitative estimate of drug-likeness (QED) is 0.468. The molecule has 30 heavy (non-hydrogen) atoms. The molecule has 0 radical (unpaired) electrons. The first-order valence-electron chi connectivity index (χ1n) is 8.99. The highest BCUT2D eigenvalue weighted by atomic mass is 32.1. The first kappa shape index (κ1) is 21.8. The molecule has 0 saturated carbocycles. The van der Waals surface area contributed by atoms with E-state index in [1.54, 1.807) is 18.5 Å². The predicted octanol–water partition coefficient (Wildman–Crippen LogP) is 5.64. The summed E-state index contributed by atoms with van der Waals surface area (Å²) < 4.78 is 57.8. The topological polar surface area (TPSA) is 42.4 Å². The molecule has 0 unspecified atom stereocenters. The van der Waals surface area contributed by atoms with Gasteiger partial charge in [0.25, 0.3) is 5.91 Å². The number of nitrogens with zero attached hydrogens (tertiary/aromatic N) is 2. The highest BCUT2D eigenvalue weighted by Gasteiger charge is 2.29. The molecule has 0 bridgehead atoms. The Hall–Kier alpha value is -2.94. The standard InChI is InChI=1S/C21H18F4N2O2S/c1-3-27(2)20(28)18-12-30-19(26-18)16-9-8-15(10-17(16)22)29-11-13-4-6-14(7-5-13)21(23,24)25/h4-10,12H,3,11H2,1-2H3. The molecular weight excluding hydrogens is 420 g/mol. The molecule has 3 rings (SSSR count). The van der Waals surface area contributed by atoms with Crippen molar-refractivity contribution in [2.45, 2.75) is 19.7 Å². The maximum Gasteiger partial charge on any atom is 0.416 e. The number of hydrogen-bond acceptors (Lipinski definition) is 4. The number of carbonyl (C=O) groups is 1. The summed E-state index contributed by atoms with van der Waals surface area (Å²) >= 11 is 1.16. The van der Waals surface area contributed by atoms with Gasteiger partial charge in [-0.15, -0.1) is 11.3 Å². The summed E-state index contributed by atoms with van der Waals surface area (Å²) in [5, 5.41) is 1.95. The SMILES string of the molecule is CCN(C)C(=O)c1csc(-c2ccc(OCc3ccc(C(F)(F)F)cc3)cc2F)n1. The molecule has 1 aromatic heterocycles. The normalized spacial score (nSPS) is 11.4. The second-order valence-corrected chi connectivity index (χ2v) is 7.34. The summed E-state index contributed by atoms with van der Waals surface area (Å²) in [4.78, 5) is 17.9. The Labute approximate surface area is 174 Å². The Balaban J connectivity index is 1.68. The van der Waals surface area contributed by atoms with Gasteiger partial charge in [-0.3, -0.25) is 4.79 Å². The number of rotatable bonds is 6. The molecule has 3 aromatic rings. The van der Waals surface area contributed by atoms with E-state index in [2.05, 4.69) is 4.98 Å². The molecule has 2 aromatic carbocycles. The lowest BCUT2D eigenvalue weighted by atomic mass is 10.1. The monoisotopic (exact) mass is 438 g/mol. The number of ether oxygens (including phenoxy) is 1. The number of aromatic nitrogens is 1. The summed E-state index contributed by atoms with van der Waals surface area (Å²) in [5.74, 6) is -0.580. The highest BCUT2D eigenvalue weighted by Crippen LogP contribution is 2.31. The van der Waals surface area contributed by atoms with Gasteiger partial charge >= 0.3 is 6.18 Å². The van der Waals surface area contributed by atoms with Gasteiger partial charge in [0.05, 0.1) is 5.56 Å². The van der Waals surface area contributed by atoms with E-state index in [4.69, 9.17) is 4.74 Å². The van der Waals surface area contributed by atoms with E-state index >= 15 is 0 Å². The number of hydrogen-bond donors (Lipinski definition) is 0. The van der Waals surface area contributed by atoms with Crippen LogP contribution >= 0.6 is 11.3 Å². The average molecular weight is 438 g/mol. The summed E-state index contributed by atoms with van der Waals surface area (Å²) in [6.07, 6.45) is -4.40. The van der Waals surface area contributed by atoms with Crippen LogP contribution in [0, 0.1) is 5.82 Å². The lowest BCUT2D eigenvalue weighted by Gasteiger charge is -2.12. The van der Waals surface area contributed by atoms with Gasteiger partial charge in [0.1, 0.15) is 28.9 Å². The van der Waals surface area contributed by atoms with E-state index in [0.717, 1.165) is 23.5 Å². The van der Waals surface area contributed by atoms with E-state index in [1.807, 2.05) is 6.92 Å². The van der Waals surface area contributed by atoms with Gasteiger partial charge in [-0.1, -0.05) is 12.1 Å². The van der Waals surface area contributed by atoms with Gasteiger partial charge in [0.2, 0.25) is 0 Å². The molecule has 4 nitrogen and oxygen atoms in total. The van der Waals surface area contributed by atoms with E-state index in [1.165, 1.54) is 29.2 Å². The third-order valence-corrected chi connectivity index (χ3v) is 5.28. The van der Waals surface area contributed by atoms with Crippen molar-refractivity contribution in [2.24, 2.45) is 0 Å². The lowest BCUT2D eigenvalue weighted by molar-refractivity contribution is -0.137. The number of halogens is 4. The number of thiazole rings is 1. The minimum atomic E-state index is -4.40. The fraction of sp³-hybridized carbons (Fsp3) is 0.238. The number of carbonyl (C=O) groups excluding carboxylic acids is 1.